The standard InChI is InChI=1S/C19H17NO3S2/c1-2-23-19(22)15-12-16(13-7-4-3-5-8-13)25-18(15)20-17(21)11-14-9-6-10-24-14/h3-10,12H,2,11H2,1H3,(H,20,21). The van der Waals surface area contributed by atoms with Crippen LogP contribution in [0.4, 0.5) is 5.00 Å². The summed E-state index contributed by atoms with van der Waals surface area (Å²) in [5.74, 6) is -0.568. The maximum Gasteiger partial charge on any atom is 0.341 e. The first-order valence-electron chi connectivity index (χ1n) is 7.86. The smallest absolute Gasteiger partial charge is 0.341 e. The second-order valence-electron chi connectivity index (χ2n) is 5.24. The zero-order valence-electron chi connectivity index (χ0n) is 13.7. The highest BCUT2D eigenvalue weighted by atomic mass is 32.1. The number of thiophene rings is 2. The summed E-state index contributed by atoms with van der Waals surface area (Å²) < 4.78 is 5.12. The molecular weight excluding hydrogens is 354 g/mol. The molecule has 0 aliphatic heterocycles. The van der Waals surface area contributed by atoms with Gasteiger partial charge in [0.25, 0.3) is 0 Å². The van der Waals surface area contributed by atoms with Crippen molar-refractivity contribution in [1.82, 2.24) is 0 Å². The van der Waals surface area contributed by atoms with Crippen molar-refractivity contribution < 1.29 is 14.3 Å². The third-order valence-corrected chi connectivity index (χ3v) is 5.43. The van der Waals surface area contributed by atoms with Crippen LogP contribution in [-0.4, -0.2) is 18.5 Å². The van der Waals surface area contributed by atoms with Crippen LogP contribution < -0.4 is 5.32 Å². The maximum atomic E-state index is 12.3. The lowest BCUT2D eigenvalue weighted by Gasteiger charge is -2.05. The molecule has 2 heterocycles. The number of rotatable bonds is 6. The number of amides is 1. The second kappa shape index (κ2) is 8.09. The fraction of sp³-hybridized carbons (Fsp3) is 0.158. The predicted octanol–water partition coefficient (Wildman–Crippen LogP) is 4.83. The van der Waals surface area contributed by atoms with Crippen molar-refractivity contribution in [3.05, 3.63) is 64.4 Å². The Morgan fingerprint density at radius 1 is 1.12 bits per heavy atom. The molecule has 4 nitrogen and oxygen atoms in total. The molecule has 128 valence electrons. The highest BCUT2D eigenvalue weighted by Gasteiger charge is 2.20. The monoisotopic (exact) mass is 371 g/mol. The zero-order valence-corrected chi connectivity index (χ0v) is 15.3. The van der Waals surface area contributed by atoms with E-state index in [4.69, 9.17) is 4.74 Å². The van der Waals surface area contributed by atoms with Gasteiger partial charge in [-0.15, -0.1) is 22.7 Å². The lowest BCUT2D eigenvalue weighted by molar-refractivity contribution is -0.115. The molecule has 0 aliphatic carbocycles. The summed E-state index contributed by atoms with van der Waals surface area (Å²) >= 11 is 2.91. The van der Waals surface area contributed by atoms with Crippen LogP contribution in [0.3, 0.4) is 0 Å². The van der Waals surface area contributed by atoms with E-state index in [1.54, 1.807) is 13.0 Å². The molecule has 3 rings (SSSR count). The number of carbonyl (C=O) groups is 2. The van der Waals surface area contributed by atoms with Crippen molar-refractivity contribution in [2.45, 2.75) is 13.3 Å². The normalized spacial score (nSPS) is 10.4. The molecule has 3 aromatic rings. The predicted molar refractivity (Wildman–Crippen MR) is 102 cm³/mol. The molecule has 0 radical (unpaired) electrons. The fourth-order valence-corrected chi connectivity index (χ4v) is 4.10. The van der Waals surface area contributed by atoms with Crippen LogP contribution in [-0.2, 0) is 16.0 Å². The minimum Gasteiger partial charge on any atom is -0.462 e. The van der Waals surface area contributed by atoms with Gasteiger partial charge in [0.2, 0.25) is 5.91 Å². The van der Waals surface area contributed by atoms with Crippen LogP contribution in [0.25, 0.3) is 10.4 Å². The van der Waals surface area contributed by atoms with Gasteiger partial charge in [0.15, 0.2) is 0 Å². The first-order valence-corrected chi connectivity index (χ1v) is 9.55. The maximum absolute atomic E-state index is 12.3. The number of esters is 1. The first kappa shape index (κ1) is 17.4. The van der Waals surface area contributed by atoms with E-state index >= 15 is 0 Å². The Morgan fingerprint density at radius 3 is 2.60 bits per heavy atom. The van der Waals surface area contributed by atoms with Crippen molar-refractivity contribution in [2.24, 2.45) is 0 Å². The van der Waals surface area contributed by atoms with E-state index in [1.807, 2.05) is 47.8 Å². The van der Waals surface area contributed by atoms with Crippen LogP contribution in [0.2, 0.25) is 0 Å². The first-order chi connectivity index (χ1) is 12.2. The summed E-state index contributed by atoms with van der Waals surface area (Å²) in [5.41, 5.74) is 1.39. The van der Waals surface area contributed by atoms with E-state index in [9.17, 15) is 9.59 Å². The SMILES string of the molecule is CCOC(=O)c1cc(-c2ccccc2)sc1NC(=O)Cc1cccs1. The van der Waals surface area contributed by atoms with Gasteiger partial charge in [-0.2, -0.15) is 0 Å². The van der Waals surface area contributed by atoms with Gasteiger partial charge in [-0.1, -0.05) is 36.4 Å². The molecule has 1 N–H and O–H groups in total. The molecular formula is C19H17NO3S2. The highest BCUT2D eigenvalue weighted by molar-refractivity contribution is 7.20. The van der Waals surface area contributed by atoms with Crippen molar-refractivity contribution in [3.63, 3.8) is 0 Å². The number of carbonyl (C=O) groups excluding carboxylic acids is 2. The van der Waals surface area contributed by atoms with E-state index in [0.29, 0.717) is 17.0 Å². The highest BCUT2D eigenvalue weighted by Crippen LogP contribution is 2.36. The minimum atomic E-state index is -0.424. The van der Waals surface area contributed by atoms with Crippen LogP contribution in [0, 0.1) is 0 Å². The molecule has 0 atom stereocenters. The summed E-state index contributed by atoms with van der Waals surface area (Å²) in [6.45, 7) is 2.05. The van der Waals surface area contributed by atoms with Crippen molar-refractivity contribution in [1.29, 1.82) is 0 Å². The third-order valence-electron chi connectivity index (χ3n) is 3.45. The Bertz CT molecular complexity index is 854. The van der Waals surface area contributed by atoms with Gasteiger partial charge in [-0.25, -0.2) is 4.79 Å². The van der Waals surface area contributed by atoms with Crippen LogP contribution in [0.5, 0.6) is 0 Å². The van der Waals surface area contributed by atoms with Gasteiger partial charge >= 0.3 is 5.97 Å². The average Bonchev–Trinajstić information content (AvgIpc) is 3.26. The molecule has 0 spiro atoms. The summed E-state index contributed by atoms with van der Waals surface area (Å²) in [4.78, 5) is 26.4. The molecule has 2 aromatic heterocycles. The van der Waals surface area contributed by atoms with Crippen molar-refractivity contribution >= 4 is 39.6 Å². The van der Waals surface area contributed by atoms with Crippen molar-refractivity contribution in [3.8, 4) is 10.4 Å². The molecule has 0 unspecified atom stereocenters. The van der Waals surface area contributed by atoms with Gasteiger partial charge < -0.3 is 10.1 Å². The number of ether oxygens (including phenoxy) is 1. The Morgan fingerprint density at radius 2 is 1.92 bits per heavy atom. The number of anilines is 1. The summed E-state index contributed by atoms with van der Waals surface area (Å²) in [7, 11) is 0. The van der Waals surface area contributed by atoms with Gasteiger partial charge in [0.1, 0.15) is 5.00 Å². The molecule has 1 aromatic carbocycles. The fourth-order valence-electron chi connectivity index (χ4n) is 2.33. The number of benzene rings is 1. The van der Waals surface area contributed by atoms with E-state index < -0.39 is 5.97 Å². The van der Waals surface area contributed by atoms with E-state index in [0.717, 1.165) is 15.3 Å². The molecule has 0 aliphatic rings. The Labute approximate surface area is 154 Å². The summed E-state index contributed by atoms with van der Waals surface area (Å²) in [6, 6.07) is 15.4. The lowest BCUT2D eigenvalue weighted by atomic mass is 10.1. The topological polar surface area (TPSA) is 55.4 Å². The Hall–Kier alpha value is -2.44. The molecule has 0 fully saturated rings. The van der Waals surface area contributed by atoms with E-state index in [-0.39, 0.29) is 12.5 Å². The van der Waals surface area contributed by atoms with E-state index in [2.05, 4.69) is 5.32 Å². The average molecular weight is 371 g/mol. The van der Waals surface area contributed by atoms with Crippen molar-refractivity contribution in [2.75, 3.05) is 11.9 Å². The van der Waals surface area contributed by atoms with Gasteiger partial charge in [-0.3, -0.25) is 4.79 Å². The number of nitrogens with one attached hydrogen (secondary N) is 1. The van der Waals surface area contributed by atoms with Gasteiger partial charge in [-0.05, 0) is 30.0 Å². The quantitative estimate of drug-likeness (QED) is 0.631. The summed E-state index contributed by atoms with van der Waals surface area (Å²) in [6.07, 6.45) is 0.290. The van der Waals surface area contributed by atoms with Gasteiger partial charge in [0.05, 0.1) is 18.6 Å². The molecule has 6 heteroatoms. The number of hydrogen-bond acceptors (Lipinski definition) is 5. The Kier molecular flexibility index (Phi) is 5.63. The lowest BCUT2D eigenvalue weighted by Crippen LogP contribution is -2.15. The number of hydrogen-bond donors (Lipinski definition) is 1. The zero-order chi connectivity index (χ0) is 17.6. The molecule has 0 saturated carbocycles. The minimum absolute atomic E-state index is 0.144. The summed E-state index contributed by atoms with van der Waals surface area (Å²) in [5, 5.41) is 5.33. The largest absolute Gasteiger partial charge is 0.462 e. The second-order valence-corrected chi connectivity index (χ2v) is 7.33. The van der Waals surface area contributed by atoms with Crippen LogP contribution in [0.1, 0.15) is 22.2 Å². The van der Waals surface area contributed by atoms with Crippen LogP contribution in [0.15, 0.2) is 53.9 Å². The van der Waals surface area contributed by atoms with Gasteiger partial charge in [0, 0.05) is 9.75 Å². The molecule has 25 heavy (non-hydrogen) atoms. The Balaban J connectivity index is 1.86. The molecule has 0 saturated heterocycles. The third kappa shape index (κ3) is 4.35. The van der Waals surface area contributed by atoms with E-state index in [1.165, 1.54) is 22.7 Å². The van der Waals surface area contributed by atoms with Crippen LogP contribution >= 0.6 is 22.7 Å². The molecule has 0 bridgehead atoms. The molecule has 1 amide bonds.